The van der Waals surface area contributed by atoms with Crippen LogP contribution in [0.4, 0.5) is 4.79 Å². The molecule has 2 amide bonds. The fraction of sp³-hybridized carbons (Fsp3) is 0.800. The number of amides is 2. The van der Waals surface area contributed by atoms with Gasteiger partial charge < -0.3 is 20.4 Å². The lowest BCUT2D eigenvalue weighted by Gasteiger charge is -2.28. The van der Waals surface area contributed by atoms with Gasteiger partial charge in [-0.3, -0.25) is 0 Å². The molecule has 0 saturated heterocycles. The molecule has 94 valence electrons. The molecule has 0 fully saturated rings. The number of nitrogens with zero attached hydrogens (tertiary/aromatic N) is 1. The van der Waals surface area contributed by atoms with E-state index in [0.717, 1.165) is 0 Å². The van der Waals surface area contributed by atoms with Gasteiger partial charge >= 0.3 is 12.0 Å². The average Bonchev–Trinajstić information content (AvgIpc) is 2.18. The van der Waals surface area contributed by atoms with Crippen LogP contribution in [0.15, 0.2) is 0 Å². The number of aliphatic hydroxyl groups is 1. The molecule has 6 nitrogen and oxygen atoms in total. The highest BCUT2D eigenvalue weighted by molar-refractivity contribution is 5.85. The maximum absolute atomic E-state index is 11.6. The van der Waals surface area contributed by atoms with Crippen molar-refractivity contribution in [2.75, 3.05) is 20.2 Å². The molecule has 1 unspecified atom stereocenters. The van der Waals surface area contributed by atoms with E-state index in [0.29, 0.717) is 12.8 Å². The standard InChI is InChI=1S/C10H20N2O4/c1-4-5-10(2,8(14)15)11-9(16)12(3)6-7-13/h13H,4-7H2,1-3H3,(H,11,16)(H,14,15). The van der Waals surface area contributed by atoms with Crippen LogP contribution in [-0.2, 0) is 4.79 Å². The van der Waals surface area contributed by atoms with Gasteiger partial charge in [0, 0.05) is 13.6 Å². The van der Waals surface area contributed by atoms with Crippen LogP contribution in [0.5, 0.6) is 0 Å². The van der Waals surface area contributed by atoms with Crippen molar-refractivity contribution in [3.8, 4) is 0 Å². The van der Waals surface area contributed by atoms with Gasteiger partial charge in [-0.15, -0.1) is 0 Å². The van der Waals surface area contributed by atoms with Gasteiger partial charge in [0.25, 0.3) is 0 Å². The lowest BCUT2D eigenvalue weighted by molar-refractivity contribution is -0.144. The van der Waals surface area contributed by atoms with Crippen molar-refractivity contribution in [2.45, 2.75) is 32.2 Å². The minimum atomic E-state index is -1.25. The predicted octanol–water partition coefficient (Wildman–Crippen LogP) is 0.263. The van der Waals surface area contributed by atoms with Gasteiger partial charge in [0.15, 0.2) is 0 Å². The Morgan fingerprint density at radius 3 is 2.38 bits per heavy atom. The van der Waals surface area contributed by atoms with Crippen molar-refractivity contribution in [3.05, 3.63) is 0 Å². The van der Waals surface area contributed by atoms with Crippen molar-refractivity contribution in [1.82, 2.24) is 10.2 Å². The van der Waals surface area contributed by atoms with Crippen LogP contribution < -0.4 is 5.32 Å². The number of carboxylic acid groups (broad SMARTS) is 1. The number of carbonyl (C=O) groups is 2. The second kappa shape index (κ2) is 6.32. The van der Waals surface area contributed by atoms with Gasteiger partial charge in [-0.25, -0.2) is 9.59 Å². The molecule has 0 aromatic carbocycles. The number of rotatable bonds is 6. The zero-order valence-electron chi connectivity index (χ0n) is 9.99. The molecule has 0 aliphatic rings. The summed E-state index contributed by atoms with van der Waals surface area (Å²) in [4.78, 5) is 23.9. The Kier molecular flexibility index (Phi) is 5.81. The number of hydrogen-bond acceptors (Lipinski definition) is 3. The molecule has 0 bridgehead atoms. The van der Waals surface area contributed by atoms with Crippen LogP contribution in [0, 0.1) is 0 Å². The highest BCUT2D eigenvalue weighted by Crippen LogP contribution is 2.12. The molecule has 16 heavy (non-hydrogen) atoms. The predicted molar refractivity (Wildman–Crippen MR) is 59.2 cm³/mol. The number of nitrogens with one attached hydrogen (secondary N) is 1. The maximum Gasteiger partial charge on any atom is 0.329 e. The third kappa shape index (κ3) is 4.06. The Morgan fingerprint density at radius 2 is 2.00 bits per heavy atom. The number of urea groups is 1. The summed E-state index contributed by atoms with van der Waals surface area (Å²) in [6.07, 6.45) is 1.02. The van der Waals surface area contributed by atoms with Crippen molar-refractivity contribution < 1.29 is 19.8 Å². The zero-order valence-corrected chi connectivity index (χ0v) is 9.99. The monoisotopic (exact) mass is 232 g/mol. The largest absolute Gasteiger partial charge is 0.480 e. The van der Waals surface area contributed by atoms with Crippen LogP contribution in [0.2, 0.25) is 0 Å². The molecule has 6 heteroatoms. The van der Waals surface area contributed by atoms with Gasteiger partial charge in [-0.1, -0.05) is 13.3 Å². The van der Waals surface area contributed by atoms with E-state index in [2.05, 4.69) is 5.32 Å². The zero-order chi connectivity index (χ0) is 12.8. The Labute approximate surface area is 95.2 Å². The summed E-state index contributed by atoms with van der Waals surface area (Å²) in [6, 6.07) is -0.493. The van der Waals surface area contributed by atoms with Crippen molar-refractivity contribution in [2.24, 2.45) is 0 Å². The molecular formula is C10H20N2O4. The fourth-order valence-electron chi connectivity index (χ4n) is 1.31. The molecule has 0 aromatic rings. The highest BCUT2D eigenvalue weighted by Gasteiger charge is 2.34. The van der Waals surface area contributed by atoms with Crippen molar-refractivity contribution in [3.63, 3.8) is 0 Å². The SMILES string of the molecule is CCCC(C)(NC(=O)N(C)CCO)C(=O)O. The van der Waals surface area contributed by atoms with E-state index in [-0.39, 0.29) is 13.2 Å². The maximum atomic E-state index is 11.6. The summed E-state index contributed by atoms with van der Waals surface area (Å²) in [5.74, 6) is -1.06. The Hall–Kier alpha value is -1.30. The molecule has 0 radical (unpaired) electrons. The lowest BCUT2D eigenvalue weighted by atomic mass is 9.96. The molecule has 0 spiro atoms. The summed E-state index contributed by atoms with van der Waals surface area (Å²) >= 11 is 0. The van der Waals surface area contributed by atoms with Gasteiger partial charge in [0.2, 0.25) is 0 Å². The smallest absolute Gasteiger partial charge is 0.329 e. The summed E-state index contributed by atoms with van der Waals surface area (Å²) in [5.41, 5.74) is -1.25. The molecule has 3 N–H and O–H groups in total. The normalized spacial score (nSPS) is 14.0. The molecular weight excluding hydrogens is 212 g/mol. The van der Waals surface area contributed by atoms with E-state index in [4.69, 9.17) is 10.2 Å². The number of aliphatic hydroxyl groups excluding tert-OH is 1. The van der Waals surface area contributed by atoms with Crippen LogP contribution in [-0.4, -0.2) is 52.9 Å². The molecule has 0 rings (SSSR count). The van der Waals surface area contributed by atoms with E-state index in [1.807, 2.05) is 6.92 Å². The molecule has 1 atom stereocenters. The lowest BCUT2D eigenvalue weighted by Crippen LogP contribution is -2.55. The first-order valence-corrected chi connectivity index (χ1v) is 5.25. The summed E-state index contributed by atoms with van der Waals surface area (Å²) in [6.45, 7) is 3.35. The van der Waals surface area contributed by atoms with E-state index in [1.165, 1.54) is 18.9 Å². The second-order valence-electron chi connectivity index (χ2n) is 3.96. The molecule has 0 aliphatic carbocycles. The molecule has 0 heterocycles. The third-order valence-electron chi connectivity index (χ3n) is 2.39. The molecule has 0 saturated carbocycles. The quantitative estimate of drug-likeness (QED) is 0.613. The van der Waals surface area contributed by atoms with E-state index < -0.39 is 17.5 Å². The fourth-order valence-corrected chi connectivity index (χ4v) is 1.31. The first kappa shape index (κ1) is 14.7. The van der Waals surface area contributed by atoms with Crippen molar-refractivity contribution in [1.29, 1.82) is 0 Å². The van der Waals surface area contributed by atoms with Crippen LogP contribution in [0.1, 0.15) is 26.7 Å². The topological polar surface area (TPSA) is 89.9 Å². The highest BCUT2D eigenvalue weighted by atomic mass is 16.4. The minimum Gasteiger partial charge on any atom is -0.480 e. The van der Waals surface area contributed by atoms with Crippen LogP contribution in [0.25, 0.3) is 0 Å². The summed E-state index contributed by atoms with van der Waals surface area (Å²) < 4.78 is 0. The number of carboxylic acids is 1. The van der Waals surface area contributed by atoms with Gasteiger partial charge in [0.05, 0.1) is 6.61 Å². The van der Waals surface area contributed by atoms with Crippen LogP contribution in [0.3, 0.4) is 0 Å². The molecule has 0 aromatic heterocycles. The minimum absolute atomic E-state index is 0.151. The summed E-state index contributed by atoms with van der Waals surface area (Å²) in [5, 5.41) is 20.2. The number of carbonyl (C=O) groups excluding carboxylic acids is 1. The van der Waals surface area contributed by atoms with E-state index in [1.54, 1.807) is 0 Å². The van der Waals surface area contributed by atoms with Gasteiger partial charge in [-0.2, -0.15) is 0 Å². The first-order valence-electron chi connectivity index (χ1n) is 5.25. The number of hydrogen-bond donors (Lipinski definition) is 3. The Bertz CT molecular complexity index is 257. The van der Waals surface area contributed by atoms with Crippen LogP contribution >= 0.6 is 0 Å². The number of aliphatic carboxylic acids is 1. The summed E-state index contributed by atoms with van der Waals surface area (Å²) in [7, 11) is 1.50. The van der Waals surface area contributed by atoms with E-state index >= 15 is 0 Å². The average molecular weight is 232 g/mol. The van der Waals surface area contributed by atoms with Crippen molar-refractivity contribution >= 4 is 12.0 Å². The van der Waals surface area contributed by atoms with Gasteiger partial charge in [0.1, 0.15) is 5.54 Å². The Morgan fingerprint density at radius 1 is 1.44 bits per heavy atom. The number of likely N-dealkylation sites (N-methyl/N-ethyl adjacent to an activating group) is 1. The second-order valence-corrected chi connectivity index (χ2v) is 3.96. The van der Waals surface area contributed by atoms with Gasteiger partial charge in [-0.05, 0) is 13.3 Å². The molecule has 0 aliphatic heterocycles. The first-order chi connectivity index (χ1) is 7.37. The third-order valence-corrected chi connectivity index (χ3v) is 2.39. The Balaban J connectivity index is 4.52. The van der Waals surface area contributed by atoms with E-state index in [9.17, 15) is 9.59 Å².